The summed E-state index contributed by atoms with van der Waals surface area (Å²) in [5.74, 6) is 2.93. The summed E-state index contributed by atoms with van der Waals surface area (Å²) in [4.78, 5) is 4.67. The van der Waals surface area contributed by atoms with Crippen LogP contribution in [-0.2, 0) is 11.3 Å². The zero-order chi connectivity index (χ0) is 15.3. The van der Waals surface area contributed by atoms with Gasteiger partial charge >= 0.3 is 0 Å². The van der Waals surface area contributed by atoms with Crippen molar-refractivity contribution in [2.75, 3.05) is 6.54 Å². The molecule has 6 rings (SSSR count). The molecule has 0 aromatic heterocycles. The highest BCUT2D eigenvalue weighted by Gasteiger charge is 2.56. The predicted octanol–water partition coefficient (Wildman–Crippen LogP) is 3.75. The van der Waals surface area contributed by atoms with Crippen LogP contribution in [0.3, 0.4) is 0 Å². The number of hydrogen-bond donors (Lipinski definition) is 1. The first-order valence-corrected chi connectivity index (χ1v) is 9.28. The molecule has 23 heavy (non-hydrogen) atoms. The molecule has 1 heterocycles. The second kappa shape index (κ2) is 5.25. The lowest BCUT2D eigenvalue weighted by atomic mass is 9.48. The minimum atomic E-state index is 0.328. The first kappa shape index (κ1) is 13.9. The zero-order valence-electron chi connectivity index (χ0n) is 13.7. The number of aliphatic imine (C=N–C) groups is 1. The molecular formula is C20H26N2O. The molecule has 4 bridgehead atoms. The van der Waals surface area contributed by atoms with Crippen LogP contribution >= 0.6 is 0 Å². The topological polar surface area (TPSA) is 33.6 Å². The molecule has 0 radical (unpaired) electrons. The lowest BCUT2D eigenvalue weighted by Crippen LogP contribution is -2.52. The summed E-state index contributed by atoms with van der Waals surface area (Å²) in [5.41, 5.74) is 1.71. The maximum absolute atomic E-state index is 6.31. The van der Waals surface area contributed by atoms with Gasteiger partial charge in [0.05, 0.1) is 6.54 Å². The second-order valence-electron chi connectivity index (χ2n) is 8.37. The van der Waals surface area contributed by atoms with Crippen molar-refractivity contribution < 1.29 is 4.74 Å². The molecule has 3 nitrogen and oxygen atoms in total. The Bertz CT molecular complexity index is 574. The van der Waals surface area contributed by atoms with Crippen LogP contribution in [0.1, 0.15) is 44.1 Å². The summed E-state index contributed by atoms with van der Waals surface area (Å²) in [5, 5.41) is 3.39. The molecule has 4 fully saturated rings. The van der Waals surface area contributed by atoms with E-state index in [0.29, 0.717) is 11.5 Å². The van der Waals surface area contributed by atoms with Crippen molar-refractivity contribution >= 4 is 6.02 Å². The number of rotatable bonds is 3. The van der Waals surface area contributed by atoms with Gasteiger partial charge in [0, 0.05) is 12.0 Å². The first-order chi connectivity index (χ1) is 11.3. The monoisotopic (exact) mass is 310 g/mol. The van der Waals surface area contributed by atoms with Gasteiger partial charge in [0.15, 0.2) is 0 Å². The standard InChI is InChI=1S/C20H26N2O/c1-2-4-14(5-3-1)12-21-19-22-13-18(23-19)20-9-15-6-16(10-20)8-17(7-15)11-20/h1-5,15-18H,6-13H2,(H,21,22). The van der Waals surface area contributed by atoms with Crippen LogP contribution in [-0.4, -0.2) is 18.7 Å². The number of hydrogen-bond acceptors (Lipinski definition) is 3. The number of nitrogens with zero attached hydrogens (tertiary/aromatic N) is 1. The van der Waals surface area contributed by atoms with Crippen molar-refractivity contribution in [3.8, 4) is 0 Å². The predicted molar refractivity (Wildman–Crippen MR) is 91.1 cm³/mol. The molecule has 0 spiro atoms. The average Bonchev–Trinajstić information content (AvgIpc) is 3.02. The molecule has 0 amide bonds. The third-order valence-electron chi connectivity index (χ3n) is 6.71. The molecule has 1 unspecified atom stereocenters. The number of nitrogens with one attached hydrogen (secondary N) is 1. The smallest absolute Gasteiger partial charge is 0.285 e. The van der Waals surface area contributed by atoms with Gasteiger partial charge < -0.3 is 10.1 Å². The van der Waals surface area contributed by atoms with Crippen molar-refractivity contribution in [3.05, 3.63) is 35.9 Å². The van der Waals surface area contributed by atoms with E-state index in [1.54, 1.807) is 0 Å². The Kier molecular flexibility index (Phi) is 3.17. The summed E-state index contributed by atoms with van der Waals surface area (Å²) in [6.07, 6.45) is 8.99. The molecule has 4 aliphatic carbocycles. The highest BCUT2D eigenvalue weighted by Crippen LogP contribution is 2.62. The van der Waals surface area contributed by atoms with Gasteiger partial charge in [0.1, 0.15) is 6.10 Å². The average molecular weight is 310 g/mol. The van der Waals surface area contributed by atoms with Crippen LogP contribution in [0.2, 0.25) is 0 Å². The molecule has 4 saturated carbocycles. The van der Waals surface area contributed by atoms with E-state index in [0.717, 1.165) is 36.9 Å². The molecule has 1 N–H and O–H groups in total. The largest absolute Gasteiger partial charge is 0.459 e. The van der Waals surface area contributed by atoms with E-state index in [1.165, 1.54) is 44.1 Å². The Morgan fingerprint density at radius 1 is 1.00 bits per heavy atom. The van der Waals surface area contributed by atoms with Crippen molar-refractivity contribution in [1.82, 2.24) is 5.32 Å². The molecule has 1 aliphatic heterocycles. The van der Waals surface area contributed by atoms with Crippen molar-refractivity contribution in [3.63, 3.8) is 0 Å². The SMILES string of the molecule is c1ccc(CNC2=NCC(C34CC5CC(CC(C5)C3)C4)O2)cc1. The Morgan fingerprint density at radius 2 is 1.65 bits per heavy atom. The second-order valence-corrected chi connectivity index (χ2v) is 8.37. The van der Waals surface area contributed by atoms with Crippen LogP contribution in [0.25, 0.3) is 0 Å². The van der Waals surface area contributed by atoms with Gasteiger partial charge in [0.2, 0.25) is 0 Å². The molecule has 1 aromatic rings. The van der Waals surface area contributed by atoms with Gasteiger partial charge in [-0.2, -0.15) is 0 Å². The van der Waals surface area contributed by atoms with E-state index >= 15 is 0 Å². The maximum Gasteiger partial charge on any atom is 0.285 e. The summed E-state index contributed by atoms with van der Waals surface area (Å²) in [6, 6.07) is 11.3. The summed E-state index contributed by atoms with van der Waals surface area (Å²) in [7, 11) is 0. The Balaban J connectivity index is 1.23. The lowest BCUT2D eigenvalue weighted by molar-refractivity contribution is -0.107. The Labute approximate surface area is 138 Å². The highest BCUT2D eigenvalue weighted by molar-refractivity contribution is 5.75. The minimum absolute atomic E-state index is 0.328. The first-order valence-electron chi connectivity index (χ1n) is 9.28. The summed E-state index contributed by atoms with van der Waals surface area (Å²) in [6.45, 7) is 1.66. The Morgan fingerprint density at radius 3 is 2.30 bits per heavy atom. The summed E-state index contributed by atoms with van der Waals surface area (Å²) >= 11 is 0. The maximum atomic E-state index is 6.31. The molecule has 5 aliphatic rings. The third kappa shape index (κ3) is 2.45. The van der Waals surface area contributed by atoms with Crippen LogP contribution in [0.4, 0.5) is 0 Å². The third-order valence-corrected chi connectivity index (χ3v) is 6.71. The van der Waals surface area contributed by atoms with Gasteiger partial charge in [0.25, 0.3) is 6.02 Å². The fourth-order valence-electron chi connectivity index (χ4n) is 6.14. The van der Waals surface area contributed by atoms with Crippen LogP contribution in [0.15, 0.2) is 35.3 Å². The van der Waals surface area contributed by atoms with E-state index < -0.39 is 0 Å². The van der Waals surface area contributed by atoms with Crippen LogP contribution in [0, 0.1) is 23.2 Å². The van der Waals surface area contributed by atoms with E-state index in [2.05, 4.69) is 40.6 Å². The molecule has 0 saturated heterocycles. The quantitative estimate of drug-likeness (QED) is 0.922. The van der Waals surface area contributed by atoms with Crippen molar-refractivity contribution in [2.24, 2.45) is 28.2 Å². The molecule has 1 atom stereocenters. The van der Waals surface area contributed by atoms with Crippen molar-refractivity contribution in [2.45, 2.75) is 51.2 Å². The fraction of sp³-hybridized carbons (Fsp3) is 0.650. The number of amidine groups is 1. The van der Waals surface area contributed by atoms with Crippen LogP contribution in [0.5, 0.6) is 0 Å². The van der Waals surface area contributed by atoms with E-state index in [1.807, 2.05) is 0 Å². The van der Waals surface area contributed by atoms with Gasteiger partial charge in [-0.25, -0.2) is 4.99 Å². The molecular weight excluding hydrogens is 284 g/mol. The van der Waals surface area contributed by atoms with Crippen molar-refractivity contribution in [1.29, 1.82) is 0 Å². The molecule has 3 heteroatoms. The lowest BCUT2D eigenvalue weighted by Gasteiger charge is -2.58. The fourth-order valence-corrected chi connectivity index (χ4v) is 6.14. The number of benzene rings is 1. The van der Waals surface area contributed by atoms with Crippen LogP contribution < -0.4 is 5.32 Å². The minimum Gasteiger partial charge on any atom is -0.459 e. The van der Waals surface area contributed by atoms with Gasteiger partial charge in [-0.1, -0.05) is 30.3 Å². The van der Waals surface area contributed by atoms with Gasteiger partial charge in [-0.05, 0) is 61.8 Å². The van der Waals surface area contributed by atoms with E-state index in [9.17, 15) is 0 Å². The van der Waals surface area contributed by atoms with E-state index in [4.69, 9.17) is 4.74 Å². The highest BCUT2D eigenvalue weighted by atomic mass is 16.5. The number of ether oxygens (including phenoxy) is 1. The molecule has 122 valence electrons. The van der Waals surface area contributed by atoms with Gasteiger partial charge in [-0.3, -0.25) is 0 Å². The summed E-state index contributed by atoms with van der Waals surface area (Å²) < 4.78 is 6.31. The zero-order valence-corrected chi connectivity index (χ0v) is 13.7. The Hall–Kier alpha value is -1.51. The molecule has 1 aromatic carbocycles. The van der Waals surface area contributed by atoms with E-state index in [-0.39, 0.29) is 0 Å². The normalized spacial score (nSPS) is 40.8. The van der Waals surface area contributed by atoms with Gasteiger partial charge in [-0.15, -0.1) is 0 Å².